The normalized spacial score (nSPS) is 15.1. The number of nitrogens with one attached hydrogen (secondary N) is 1. The second-order valence-electron chi connectivity index (χ2n) is 8.18. The number of pyridine rings is 1. The van der Waals surface area contributed by atoms with E-state index >= 15 is 0 Å². The standard InChI is InChI=1S/C22H35N3O2/c1-7-17(4)25(13-16(2)3)15-22(5,26)14-24-20-12-19(27-6)11-18-9-8-10-23-21(18)20/h8-12,16-17,24,26H,7,13-15H2,1-6H3/t17-,22+/m0/s1. The molecule has 0 aliphatic carbocycles. The van der Waals surface area contributed by atoms with E-state index in [0.717, 1.165) is 35.3 Å². The van der Waals surface area contributed by atoms with Crippen LogP contribution in [0, 0.1) is 5.92 Å². The number of nitrogens with zero attached hydrogens (tertiary/aromatic N) is 2. The minimum atomic E-state index is -0.859. The van der Waals surface area contributed by atoms with Gasteiger partial charge in [-0.25, -0.2) is 0 Å². The van der Waals surface area contributed by atoms with Crippen molar-refractivity contribution in [2.75, 3.05) is 32.1 Å². The second-order valence-corrected chi connectivity index (χ2v) is 8.18. The van der Waals surface area contributed by atoms with Crippen LogP contribution in [0.25, 0.3) is 10.9 Å². The molecule has 5 heteroatoms. The fourth-order valence-corrected chi connectivity index (χ4v) is 3.32. The van der Waals surface area contributed by atoms with Gasteiger partial charge in [0, 0.05) is 43.3 Å². The number of rotatable bonds is 10. The molecule has 0 aliphatic rings. The van der Waals surface area contributed by atoms with Gasteiger partial charge in [-0.3, -0.25) is 9.88 Å². The number of anilines is 1. The van der Waals surface area contributed by atoms with Gasteiger partial charge in [-0.1, -0.05) is 26.8 Å². The van der Waals surface area contributed by atoms with E-state index in [4.69, 9.17) is 4.74 Å². The lowest BCUT2D eigenvalue weighted by molar-refractivity contribution is 0.0137. The molecule has 0 unspecified atom stereocenters. The molecule has 1 aromatic heterocycles. The molecule has 5 nitrogen and oxygen atoms in total. The Labute approximate surface area is 163 Å². The Morgan fingerprint density at radius 3 is 2.67 bits per heavy atom. The summed E-state index contributed by atoms with van der Waals surface area (Å²) in [4.78, 5) is 6.87. The van der Waals surface area contributed by atoms with Gasteiger partial charge in [0.1, 0.15) is 5.75 Å². The molecule has 0 amide bonds. The molecule has 0 fully saturated rings. The lowest BCUT2D eigenvalue weighted by atomic mass is 10.0. The van der Waals surface area contributed by atoms with Crippen molar-refractivity contribution in [2.45, 2.75) is 52.7 Å². The van der Waals surface area contributed by atoms with Crippen LogP contribution < -0.4 is 10.1 Å². The minimum Gasteiger partial charge on any atom is -0.497 e. The van der Waals surface area contributed by atoms with Gasteiger partial charge in [-0.15, -0.1) is 0 Å². The molecular weight excluding hydrogens is 338 g/mol. The molecule has 2 rings (SSSR count). The minimum absolute atomic E-state index is 0.441. The molecule has 2 N–H and O–H groups in total. The Bertz CT molecular complexity index is 731. The zero-order valence-corrected chi connectivity index (χ0v) is 17.6. The fourth-order valence-electron chi connectivity index (χ4n) is 3.32. The SMILES string of the molecule is CC[C@H](C)N(CC(C)C)C[C@](C)(O)CNc1cc(OC)cc2cccnc12. The number of benzene rings is 1. The molecule has 0 saturated heterocycles. The quantitative estimate of drug-likeness (QED) is 0.655. The average Bonchev–Trinajstić information content (AvgIpc) is 2.64. The maximum absolute atomic E-state index is 11.0. The van der Waals surface area contributed by atoms with Crippen molar-refractivity contribution >= 4 is 16.6 Å². The van der Waals surface area contributed by atoms with Gasteiger partial charge in [0.15, 0.2) is 0 Å². The van der Waals surface area contributed by atoms with E-state index in [1.165, 1.54) is 0 Å². The van der Waals surface area contributed by atoms with Gasteiger partial charge >= 0.3 is 0 Å². The Morgan fingerprint density at radius 1 is 1.30 bits per heavy atom. The smallest absolute Gasteiger partial charge is 0.121 e. The number of hydrogen-bond donors (Lipinski definition) is 2. The highest BCUT2D eigenvalue weighted by molar-refractivity contribution is 5.91. The Kier molecular flexibility index (Phi) is 7.45. The highest BCUT2D eigenvalue weighted by Crippen LogP contribution is 2.28. The van der Waals surface area contributed by atoms with Gasteiger partial charge in [0.25, 0.3) is 0 Å². The Balaban J connectivity index is 2.15. The van der Waals surface area contributed by atoms with Gasteiger partial charge in [-0.2, -0.15) is 0 Å². The van der Waals surface area contributed by atoms with E-state index in [0.29, 0.717) is 25.0 Å². The van der Waals surface area contributed by atoms with Crippen molar-refractivity contribution in [2.24, 2.45) is 5.92 Å². The summed E-state index contributed by atoms with van der Waals surface area (Å²) in [5.41, 5.74) is 0.905. The molecule has 0 spiro atoms. The first-order valence-corrected chi connectivity index (χ1v) is 9.88. The maximum Gasteiger partial charge on any atom is 0.121 e. The van der Waals surface area contributed by atoms with Crippen LogP contribution in [0.5, 0.6) is 5.75 Å². The van der Waals surface area contributed by atoms with Crippen LogP contribution in [-0.2, 0) is 0 Å². The van der Waals surface area contributed by atoms with Crippen LogP contribution in [0.4, 0.5) is 5.69 Å². The van der Waals surface area contributed by atoms with E-state index in [-0.39, 0.29) is 0 Å². The second kappa shape index (κ2) is 9.38. The number of hydrogen-bond acceptors (Lipinski definition) is 5. The van der Waals surface area contributed by atoms with Crippen LogP contribution in [-0.4, -0.2) is 53.4 Å². The summed E-state index contributed by atoms with van der Waals surface area (Å²) in [6.45, 7) is 12.8. The van der Waals surface area contributed by atoms with Crippen molar-refractivity contribution in [3.8, 4) is 5.75 Å². The number of methoxy groups -OCH3 is 1. The number of aliphatic hydroxyl groups is 1. The highest BCUT2D eigenvalue weighted by atomic mass is 16.5. The Hall–Kier alpha value is -1.85. The molecule has 1 heterocycles. The zero-order chi connectivity index (χ0) is 20.0. The summed E-state index contributed by atoms with van der Waals surface area (Å²) >= 11 is 0. The molecule has 27 heavy (non-hydrogen) atoms. The van der Waals surface area contributed by atoms with Crippen LogP contribution >= 0.6 is 0 Å². The highest BCUT2D eigenvalue weighted by Gasteiger charge is 2.27. The largest absolute Gasteiger partial charge is 0.497 e. The molecule has 2 aromatic rings. The molecule has 0 saturated carbocycles. The van der Waals surface area contributed by atoms with Crippen LogP contribution in [0.1, 0.15) is 41.0 Å². The first-order valence-electron chi connectivity index (χ1n) is 9.88. The number of fused-ring (bicyclic) bond motifs is 1. The molecule has 2 atom stereocenters. The van der Waals surface area contributed by atoms with Crippen molar-refractivity contribution in [3.05, 3.63) is 30.5 Å². The van der Waals surface area contributed by atoms with E-state index in [1.54, 1.807) is 13.3 Å². The third-order valence-electron chi connectivity index (χ3n) is 4.93. The Morgan fingerprint density at radius 2 is 2.04 bits per heavy atom. The lowest BCUT2D eigenvalue weighted by Gasteiger charge is -2.36. The van der Waals surface area contributed by atoms with Crippen LogP contribution in [0.3, 0.4) is 0 Å². The van der Waals surface area contributed by atoms with E-state index < -0.39 is 5.60 Å². The molecule has 1 aromatic carbocycles. The molecule has 150 valence electrons. The zero-order valence-electron chi connectivity index (χ0n) is 17.6. The molecular formula is C22H35N3O2. The lowest BCUT2D eigenvalue weighted by Crippen LogP contribution is -2.49. The van der Waals surface area contributed by atoms with Gasteiger partial charge in [0.2, 0.25) is 0 Å². The first-order chi connectivity index (χ1) is 12.8. The van der Waals surface area contributed by atoms with Gasteiger partial charge in [0.05, 0.1) is 23.9 Å². The summed E-state index contributed by atoms with van der Waals surface area (Å²) in [6.07, 6.45) is 2.85. The van der Waals surface area contributed by atoms with Gasteiger partial charge < -0.3 is 15.2 Å². The number of aromatic nitrogens is 1. The average molecular weight is 374 g/mol. The van der Waals surface area contributed by atoms with Gasteiger partial charge in [-0.05, 0) is 38.3 Å². The fraction of sp³-hybridized carbons (Fsp3) is 0.591. The summed E-state index contributed by atoms with van der Waals surface area (Å²) in [6, 6.07) is 8.28. The molecule has 0 aliphatic heterocycles. The first kappa shape index (κ1) is 21.5. The predicted octanol–water partition coefficient (Wildman–Crippen LogP) is 4.16. The van der Waals surface area contributed by atoms with E-state index in [2.05, 4.69) is 42.9 Å². The van der Waals surface area contributed by atoms with Crippen LogP contribution in [0.2, 0.25) is 0 Å². The van der Waals surface area contributed by atoms with Crippen molar-refractivity contribution in [3.63, 3.8) is 0 Å². The van der Waals surface area contributed by atoms with Crippen molar-refractivity contribution < 1.29 is 9.84 Å². The van der Waals surface area contributed by atoms with Crippen molar-refractivity contribution in [1.82, 2.24) is 9.88 Å². The summed E-state index contributed by atoms with van der Waals surface area (Å²) in [5.74, 6) is 1.34. The third kappa shape index (κ3) is 6.08. The number of ether oxygens (including phenoxy) is 1. The topological polar surface area (TPSA) is 57.6 Å². The summed E-state index contributed by atoms with van der Waals surface area (Å²) < 4.78 is 5.41. The van der Waals surface area contributed by atoms with E-state index in [9.17, 15) is 5.11 Å². The van der Waals surface area contributed by atoms with E-state index in [1.807, 2.05) is 31.2 Å². The van der Waals surface area contributed by atoms with Crippen LogP contribution in [0.15, 0.2) is 30.5 Å². The molecule has 0 bridgehead atoms. The molecule has 0 radical (unpaired) electrons. The summed E-state index contributed by atoms with van der Waals surface area (Å²) in [5, 5.41) is 15.5. The maximum atomic E-state index is 11.0. The predicted molar refractivity (Wildman–Crippen MR) is 114 cm³/mol. The third-order valence-corrected chi connectivity index (χ3v) is 4.93. The monoisotopic (exact) mass is 373 g/mol. The van der Waals surface area contributed by atoms with Crippen molar-refractivity contribution in [1.29, 1.82) is 0 Å². The summed E-state index contributed by atoms with van der Waals surface area (Å²) in [7, 11) is 1.66.